The molecule has 1 aromatic rings. The number of benzene rings is 1. The summed E-state index contributed by atoms with van der Waals surface area (Å²) in [6, 6.07) is 4.78. The van der Waals surface area contributed by atoms with Gasteiger partial charge < -0.3 is 19.9 Å². The Balaban J connectivity index is 1.79. The fourth-order valence-corrected chi connectivity index (χ4v) is 4.83. The lowest BCUT2D eigenvalue weighted by Gasteiger charge is -2.41. The predicted molar refractivity (Wildman–Crippen MR) is 123 cm³/mol. The summed E-state index contributed by atoms with van der Waals surface area (Å²) in [5.41, 5.74) is 1.48. The number of urea groups is 1. The molecule has 2 saturated heterocycles. The van der Waals surface area contributed by atoms with Gasteiger partial charge in [-0.05, 0) is 64.2 Å². The number of esters is 1. The van der Waals surface area contributed by atoms with Gasteiger partial charge in [-0.15, -0.1) is 0 Å². The Morgan fingerprint density at radius 2 is 1.88 bits per heavy atom. The molecule has 0 aromatic heterocycles. The first-order chi connectivity index (χ1) is 15.7. The molecule has 1 N–H and O–H groups in total. The molecule has 0 saturated carbocycles. The molecule has 2 aliphatic heterocycles. The number of rotatable bonds is 5. The minimum Gasteiger partial charge on any atom is -0.466 e. The zero-order valence-corrected chi connectivity index (χ0v) is 20.1. The minimum atomic E-state index is -0.382. The highest BCUT2D eigenvalue weighted by Gasteiger charge is 2.38. The van der Waals surface area contributed by atoms with E-state index in [9.17, 15) is 18.8 Å². The second-order valence-corrected chi connectivity index (χ2v) is 9.52. The van der Waals surface area contributed by atoms with E-state index in [4.69, 9.17) is 4.74 Å². The van der Waals surface area contributed by atoms with Crippen molar-refractivity contribution in [3.63, 3.8) is 0 Å². The average Bonchev–Trinajstić information content (AvgIpc) is 2.80. The van der Waals surface area contributed by atoms with Crippen molar-refractivity contribution >= 4 is 17.9 Å². The van der Waals surface area contributed by atoms with Crippen LogP contribution in [-0.2, 0) is 14.3 Å². The number of carbonyl (C=O) groups is 3. The van der Waals surface area contributed by atoms with E-state index < -0.39 is 0 Å². The molecule has 0 spiro atoms. The highest BCUT2D eigenvalue weighted by molar-refractivity contribution is 5.82. The second-order valence-electron chi connectivity index (χ2n) is 9.52. The second kappa shape index (κ2) is 11.0. The Labute approximate surface area is 195 Å². The van der Waals surface area contributed by atoms with Gasteiger partial charge in [0.05, 0.1) is 18.4 Å². The standard InChI is InChI=1S/C25H36FN3O4/c1-5-33-24(31)19-7-6-10-28(13-19)23(30)21-12-20(18-8-9-22(26)17(4)11-18)14-29(15-21)25(32)27-16(2)3/h8-9,11,16,19-21H,5-7,10,12-15H2,1-4H3,(H,27,32). The maximum Gasteiger partial charge on any atom is 0.317 e. The SMILES string of the molecule is CCOC(=O)C1CCCN(C(=O)C2CC(c3ccc(F)c(C)c3)CN(C(=O)NC(C)C)C2)C1. The number of carbonyl (C=O) groups excluding carboxylic acids is 3. The first kappa shape index (κ1) is 25.0. The Morgan fingerprint density at radius 3 is 2.55 bits per heavy atom. The number of aryl methyl sites for hydroxylation is 1. The largest absolute Gasteiger partial charge is 0.466 e. The average molecular weight is 462 g/mol. The van der Waals surface area contributed by atoms with Gasteiger partial charge in [-0.25, -0.2) is 9.18 Å². The number of piperidine rings is 2. The number of hydrogen-bond donors (Lipinski definition) is 1. The van der Waals surface area contributed by atoms with E-state index in [-0.39, 0.29) is 47.5 Å². The quantitative estimate of drug-likeness (QED) is 0.681. The lowest BCUT2D eigenvalue weighted by Crippen LogP contribution is -2.54. The molecule has 3 rings (SSSR count). The van der Waals surface area contributed by atoms with Crippen LogP contribution >= 0.6 is 0 Å². The molecule has 3 unspecified atom stereocenters. The molecular weight excluding hydrogens is 425 g/mol. The van der Waals surface area contributed by atoms with Crippen LogP contribution in [0.3, 0.4) is 0 Å². The molecule has 182 valence electrons. The maximum atomic E-state index is 13.8. The van der Waals surface area contributed by atoms with E-state index in [1.165, 1.54) is 6.07 Å². The molecule has 2 heterocycles. The van der Waals surface area contributed by atoms with Crippen LogP contribution in [-0.4, -0.2) is 66.5 Å². The first-order valence-electron chi connectivity index (χ1n) is 12.0. The summed E-state index contributed by atoms with van der Waals surface area (Å²) in [5, 5.41) is 2.92. The monoisotopic (exact) mass is 461 g/mol. The van der Waals surface area contributed by atoms with Crippen molar-refractivity contribution in [2.75, 3.05) is 32.8 Å². The van der Waals surface area contributed by atoms with Crippen LogP contribution in [0.2, 0.25) is 0 Å². The van der Waals surface area contributed by atoms with Crippen LogP contribution in [0.15, 0.2) is 18.2 Å². The van der Waals surface area contributed by atoms with Crippen molar-refractivity contribution in [2.45, 2.75) is 58.9 Å². The number of amides is 3. The van der Waals surface area contributed by atoms with Gasteiger partial charge in [-0.3, -0.25) is 9.59 Å². The smallest absolute Gasteiger partial charge is 0.317 e. The van der Waals surface area contributed by atoms with Crippen LogP contribution in [0.25, 0.3) is 0 Å². The summed E-state index contributed by atoms with van der Waals surface area (Å²) in [5.74, 6) is -1.31. The van der Waals surface area contributed by atoms with Crippen LogP contribution < -0.4 is 5.32 Å². The lowest BCUT2D eigenvalue weighted by molar-refractivity contribution is -0.152. The number of halogens is 1. The zero-order valence-electron chi connectivity index (χ0n) is 20.1. The molecular formula is C25H36FN3O4. The van der Waals surface area contributed by atoms with Gasteiger partial charge in [-0.1, -0.05) is 12.1 Å². The molecule has 33 heavy (non-hydrogen) atoms. The lowest BCUT2D eigenvalue weighted by atomic mass is 9.83. The number of nitrogens with zero attached hydrogens (tertiary/aromatic N) is 2. The van der Waals surface area contributed by atoms with Gasteiger partial charge in [-0.2, -0.15) is 0 Å². The highest BCUT2D eigenvalue weighted by atomic mass is 19.1. The van der Waals surface area contributed by atoms with E-state index in [1.54, 1.807) is 29.7 Å². The molecule has 7 nitrogen and oxygen atoms in total. The van der Waals surface area contributed by atoms with Crippen molar-refractivity contribution in [1.82, 2.24) is 15.1 Å². The Kier molecular flexibility index (Phi) is 8.32. The highest BCUT2D eigenvalue weighted by Crippen LogP contribution is 2.33. The van der Waals surface area contributed by atoms with Gasteiger partial charge in [0.25, 0.3) is 0 Å². The van der Waals surface area contributed by atoms with Crippen molar-refractivity contribution in [3.05, 3.63) is 35.1 Å². The zero-order chi connectivity index (χ0) is 24.1. The summed E-state index contributed by atoms with van der Waals surface area (Å²) in [7, 11) is 0. The van der Waals surface area contributed by atoms with Crippen LogP contribution in [0, 0.1) is 24.6 Å². The van der Waals surface area contributed by atoms with Crippen molar-refractivity contribution in [3.8, 4) is 0 Å². The van der Waals surface area contributed by atoms with Crippen LogP contribution in [0.4, 0.5) is 9.18 Å². The number of likely N-dealkylation sites (tertiary alicyclic amines) is 2. The molecule has 0 aliphatic carbocycles. The molecule has 3 amide bonds. The number of ether oxygens (including phenoxy) is 1. The van der Waals surface area contributed by atoms with Gasteiger partial charge in [0.1, 0.15) is 5.82 Å². The topological polar surface area (TPSA) is 79.0 Å². The molecule has 3 atom stereocenters. The summed E-state index contributed by atoms with van der Waals surface area (Å²) in [6.45, 7) is 9.37. The Hall–Kier alpha value is -2.64. The number of nitrogens with one attached hydrogen (secondary N) is 1. The van der Waals surface area contributed by atoms with Crippen LogP contribution in [0.5, 0.6) is 0 Å². The molecule has 0 radical (unpaired) electrons. The summed E-state index contributed by atoms with van der Waals surface area (Å²) < 4.78 is 19.0. The Morgan fingerprint density at radius 1 is 1.15 bits per heavy atom. The minimum absolute atomic E-state index is 0.0208. The fraction of sp³-hybridized carbons (Fsp3) is 0.640. The normalized spacial score (nSPS) is 23.4. The van der Waals surface area contributed by atoms with E-state index in [1.807, 2.05) is 19.9 Å². The van der Waals surface area contributed by atoms with E-state index in [2.05, 4.69) is 5.32 Å². The molecule has 2 fully saturated rings. The third-order valence-corrected chi connectivity index (χ3v) is 6.51. The van der Waals surface area contributed by atoms with Gasteiger partial charge in [0.15, 0.2) is 0 Å². The molecule has 1 aromatic carbocycles. The number of hydrogen-bond acceptors (Lipinski definition) is 4. The molecule has 0 bridgehead atoms. The van der Waals surface area contributed by atoms with Gasteiger partial charge in [0.2, 0.25) is 5.91 Å². The third-order valence-electron chi connectivity index (χ3n) is 6.51. The Bertz CT molecular complexity index is 875. The van der Waals surface area contributed by atoms with E-state index >= 15 is 0 Å². The van der Waals surface area contributed by atoms with E-state index in [0.29, 0.717) is 51.2 Å². The van der Waals surface area contributed by atoms with E-state index in [0.717, 1.165) is 12.0 Å². The van der Waals surface area contributed by atoms with Crippen molar-refractivity contribution in [1.29, 1.82) is 0 Å². The van der Waals surface area contributed by atoms with Crippen LogP contribution in [0.1, 0.15) is 57.1 Å². The fourth-order valence-electron chi connectivity index (χ4n) is 4.83. The first-order valence-corrected chi connectivity index (χ1v) is 12.0. The predicted octanol–water partition coefficient (Wildman–Crippen LogP) is 3.46. The van der Waals surface area contributed by atoms with Gasteiger partial charge in [0, 0.05) is 38.1 Å². The molecule has 8 heteroatoms. The summed E-state index contributed by atoms with van der Waals surface area (Å²) in [6.07, 6.45) is 2.05. The van der Waals surface area contributed by atoms with Gasteiger partial charge >= 0.3 is 12.0 Å². The molecule has 2 aliphatic rings. The third kappa shape index (κ3) is 6.24. The van der Waals surface area contributed by atoms with Crippen molar-refractivity contribution in [2.24, 2.45) is 11.8 Å². The summed E-state index contributed by atoms with van der Waals surface area (Å²) >= 11 is 0. The summed E-state index contributed by atoms with van der Waals surface area (Å²) in [4.78, 5) is 42.0. The van der Waals surface area contributed by atoms with Crippen molar-refractivity contribution < 1.29 is 23.5 Å². The maximum absolute atomic E-state index is 13.8.